The van der Waals surface area contributed by atoms with E-state index in [9.17, 15) is 0 Å². The molecule has 1 atom stereocenters. The molecule has 0 saturated carbocycles. The number of rotatable bonds is 8. The van der Waals surface area contributed by atoms with E-state index in [4.69, 9.17) is 4.74 Å². The lowest BCUT2D eigenvalue weighted by molar-refractivity contribution is 0.0205. The third-order valence-electron chi connectivity index (χ3n) is 3.97. The number of aliphatic imine (C=N–C) groups is 1. The maximum Gasteiger partial charge on any atom is 0.191 e. The van der Waals surface area contributed by atoms with Gasteiger partial charge in [-0.1, -0.05) is 20.8 Å². The second-order valence-corrected chi connectivity index (χ2v) is 6.85. The van der Waals surface area contributed by atoms with E-state index in [1.54, 1.807) is 14.2 Å². The molecule has 1 unspecified atom stereocenters. The minimum atomic E-state index is 0. The molecule has 0 aliphatic heterocycles. The monoisotopic (exact) mass is 451 g/mol. The highest BCUT2D eigenvalue weighted by atomic mass is 127. The highest BCUT2D eigenvalue weighted by Crippen LogP contribution is 2.20. The van der Waals surface area contributed by atoms with Crippen LogP contribution in [0.3, 0.4) is 0 Å². The van der Waals surface area contributed by atoms with Crippen LogP contribution < -0.4 is 10.6 Å². The molecule has 24 heavy (non-hydrogen) atoms. The van der Waals surface area contributed by atoms with Gasteiger partial charge in [-0.2, -0.15) is 0 Å². The van der Waals surface area contributed by atoms with Crippen LogP contribution in [0.15, 0.2) is 17.4 Å². The first kappa shape index (κ1) is 23.2. The van der Waals surface area contributed by atoms with Crippen molar-refractivity contribution in [3.05, 3.63) is 18.2 Å². The maximum atomic E-state index is 5.55. The molecule has 1 aromatic rings. The Labute approximate surface area is 163 Å². The van der Waals surface area contributed by atoms with Crippen LogP contribution in [0, 0.1) is 12.3 Å². The molecule has 1 heterocycles. The molecule has 0 radical (unpaired) electrons. The summed E-state index contributed by atoms with van der Waals surface area (Å²) < 4.78 is 7.73. The van der Waals surface area contributed by atoms with Gasteiger partial charge in [0.1, 0.15) is 5.82 Å². The summed E-state index contributed by atoms with van der Waals surface area (Å²) in [6.45, 7) is 11.2. The minimum absolute atomic E-state index is 0. The van der Waals surface area contributed by atoms with E-state index in [-0.39, 0.29) is 35.5 Å². The number of nitrogens with one attached hydrogen (secondary N) is 2. The number of halogens is 1. The molecule has 0 fully saturated rings. The topological polar surface area (TPSA) is 63.5 Å². The summed E-state index contributed by atoms with van der Waals surface area (Å²) >= 11 is 0. The Hall–Kier alpha value is -0.830. The summed E-state index contributed by atoms with van der Waals surface area (Å²) in [5, 5.41) is 6.69. The first-order valence-electron chi connectivity index (χ1n) is 8.33. The lowest BCUT2D eigenvalue weighted by Crippen LogP contribution is -2.45. The number of guanidine groups is 1. The summed E-state index contributed by atoms with van der Waals surface area (Å²) in [7, 11) is 3.55. The van der Waals surface area contributed by atoms with Gasteiger partial charge in [-0.05, 0) is 25.2 Å². The van der Waals surface area contributed by atoms with Crippen molar-refractivity contribution in [2.45, 2.75) is 53.2 Å². The third kappa shape index (κ3) is 8.32. The molecule has 0 amide bonds. The molecule has 0 spiro atoms. The molecule has 1 aromatic heterocycles. The molecule has 0 bridgehead atoms. The summed E-state index contributed by atoms with van der Waals surface area (Å²) in [6, 6.07) is 0. The number of ether oxygens (including phenoxy) is 1. The van der Waals surface area contributed by atoms with Gasteiger partial charge in [0.15, 0.2) is 5.96 Å². The largest absolute Gasteiger partial charge is 0.379 e. The number of hydrogen-bond donors (Lipinski definition) is 2. The van der Waals surface area contributed by atoms with Crippen molar-refractivity contribution in [1.29, 1.82) is 0 Å². The van der Waals surface area contributed by atoms with Crippen LogP contribution in [-0.4, -0.2) is 48.9 Å². The maximum absolute atomic E-state index is 5.55. The van der Waals surface area contributed by atoms with E-state index in [0.29, 0.717) is 0 Å². The van der Waals surface area contributed by atoms with E-state index >= 15 is 0 Å². The lowest BCUT2D eigenvalue weighted by atomic mass is 9.89. The zero-order chi connectivity index (χ0) is 17.3. The molecule has 140 valence electrons. The van der Waals surface area contributed by atoms with E-state index in [2.05, 4.69) is 45.9 Å². The number of imidazole rings is 1. The Morgan fingerprint density at radius 3 is 2.54 bits per heavy atom. The predicted octanol–water partition coefficient (Wildman–Crippen LogP) is 2.82. The van der Waals surface area contributed by atoms with Crippen LogP contribution in [0.4, 0.5) is 0 Å². The first-order valence-corrected chi connectivity index (χ1v) is 8.33. The normalized spacial score (nSPS) is 13.3. The van der Waals surface area contributed by atoms with Crippen molar-refractivity contribution in [1.82, 2.24) is 20.2 Å². The SMILES string of the molecule is CN=C(NCCCCn1ccnc1C)NCC(OC)C(C)(C)C.I. The smallest absolute Gasteiger partial charge is 0.191 e. The van der Waals surface area contributed by atoms with E-state index in [0.717, 1.165) is 44.3 Å². The Kier molecular flexibility index (Phi) is 11.3. The third-order valence-corrected chi connectivity index (χ3v) is 3.97. The molecule has 2 N–H and O–H groups in total. The van der Waals surface area contributed by atoms with Gasteiger partial charge in [0.25, 0.3) is 0 Å². The zero-order valence-electron chi connectivity index (χ0n) is 15.9. The number of unbranched alkanes of at least 4 members (excludes halogenated alkanes) is 1. The standard InChI is InChI=1S/C17H33N5O.HI/c1-14-19-10-12-22(14)11-8-7-9-20-16(18-5)21-13-15(23-6)17(2,3)4;/h10,12,15H,7-9,11,13H2,1-6H3,(H2,18,20,21);1H. The molecular weight excluding hydrogens is 417 g/mol. The Balaban J connectivity index is 0.00000529. The predicted molar refractivity (Wildman–Crippen MR) is 111 cm³/mol. The van der Waals surface area contributed by atoms with Gasteiger partial charge in [-0.3, -0.25) is 4.99 Å². The number of aryl methyl sites for hydroxylation is 2. The van der Waals surface area contributed by atoms with Crippen molar-refractivity contribution in [3.8, 4) is 0 Å². The van der Waals surface area contributed by atoms with Gasteiger partial charge in [0.05, 0.1) is 6.10 Å². The van der Waals surface area contributed by atoms with Gasteiger partial charge < -0.3 is 19.9 Å². The second-order valence-electron chi connectivity index (χ2n) is 6.85. The fraction of sp³-hybridized carbons (Fsp3) is 0.765. The molecule has 7 heteroatoms. The number of nitrogens with zero attached hydrogens (tertiary/aromatic N) is 3. The van der Waals surface area contributed by atoms with E-state index < -0.39 is 0 Å². The molecule has 6 nitrogen and oxygen atoms in total. The average Bonchev–Trinajstić information content (AvgIpc) is 2.89. The van der Waals surface area contributed by atoms with Crippen LogP contribution in [0.2, 0.25) is 0 Å². The van der Waals surface area contributed by atoms with Crippen LogP contribution in [-0.2, 0) is 11.3 Å². The van der Waals surface area contributed by atoms with E-state index in [1.807, 2.05) is 19.3 Å². The summed E-state index contributed by atoms with van der Waals surface area (Å²) in [5.74, 6) is 1.90. The average molecular weight is 451 g/mol. The Morgan fingerprint density at radius 2 is 2.04 bits per heavy atom. The molecular formula is C17H34IN5O. The highest BCUT2D eigenvalue weighted by Gasteiger charge is 2.24. The molecule has 0 aliphatic carbocycles. The van der Waals surface area contributed by atoms with Crippen molar-refractivity contribution in [3.63, 3.8) is 0 Å². The van der Waals surface area contributed by atoms with Crippen molar-refractivity contribution >= 4 is 29.9 Å². The molecule has 0 aromatic carbocycles. The van der Waals surface area contributed by atoms with Gasteiger partial charge in [-0.15, -0.1) is 24.0 Å². The summed E-state index contributed by atoms with van der Waals surface area (Å²) in [5.41, 5.74) is 0.100. The number of methoxy groups -OCH3 is 1. The fourth-order valence-corrected chi connectivity index (χ4v) is 2.41. The van der Waals surface area contributed by atoms with Gasteiger partial charge in [0.2, 0.25) is 0 Å². The zero-order valence-corrected chi connectivity index (χ0v) is 18.3. The van der Waals surface area contributed by atoms with E-state index in [1.165, 1.54) is 0 Å². The van der Waals surface area contributed by atoms with Crippen LogP contribution >= 0.6 is 24.0 Å². The molecule has 0 saturated heterocycles. The summed E-state index contributed by atoms with van der Waals surface area (Å²) in [6.07, 6.45) is 6.22. The minimum Gasteiger partial charge on any atom is -0.379 e. The van der Waals surface area contributed by atoms with Crippen molar-refractivity contribution < 1.29 is 4.74 Å². The highest BCUT2D eigenvalue weighted by molar-refractivity contribution is 14.0. The lowest BCUT2D eigenvalue weighted by Gasteiger charge is -2.30. The van der Waals surface area contributed by atoms with Gasteiger partial charge in [0, 0.05) is 46.2 Å². The molecule has 1 rings (SSSR count). The van der Waals surface area contributed by atoms with Gasteiger partial charge in [-0.25, -0.2) is 4.98 Å². The number of aromatic nitrogens is 2. The second kappa shape index (κ2) is 11.7. The Bertz CT molecular complexity index is 482. The Morgan fingerprint density at radius 1 is 1.33 bits per heavy atom. The molecule has 0 aliphatic rings. The first-order chi connectivity index (χ1) is 10.9. The van der Waals surface area contributed by atoms with Crippen molar-refractivity contribution in [2.24, 2.45) is 10.4 Å². The van der Waals surface area contributed by atoms with Crippen LogP contribution in [0.25, 0.3) is 0 Å². The summed E-state index contributed by atoms with van der Waals surface area (Å²) in [4.78, 5) is 8.49. The van der Waals surface area contributed by atoms with Crippen molar-refractivity contribution in [2.75, 3.05) is 27.2 Å². The van der Waals surface area contributed by atoms with Crippen LogP contribution in [0.1, 0.15) is 39.4 Å². The number of hydrogen-bond acceptors (Lipinski definition) is 3. The quantitative estimate of drug-likeness (QED) is 0.276. The fourth-order valence-electron chi connectivity index (χ4n) is 2.41. The van der Waals surface area contributed by atoms with Gasteiger partial charge >= 0.3 is 0 Å². The van der Waals surface area contributed by atoms with Crippen LogP contribution in [0.5, 0.6) is 0 Å².